The Morgan fingerprint density at radius 2 is 0.936 bits per heavy atom. The molecular weight excluding hydrogens is 950 g/mol. The van der Waals surface area contributed by atoms with Crippen LogP contribution in [-0.4, -0.2) is 19.9 Å². The molecule has 3 heterocycles. The molecule has 0 spiro atoms. The fourth-order valence-electron chi connectivity index (χ4n) is 12.2. The van der Waals surface area contributed by atoms with E-state index in [1.54, 1.807) is 0 Å². The molecule has 0 saturated heterocycles. The second-order valence-corrected chi connectivity index (χ2v) is 25.1. The van der Waals surface area contributed by atoms with Crippen LogP contribution in [0.5, 0.6) is 11.5 Å². The number of hydrogen-bond acceptors (Lipinski definition) is 5. The third-order valence-corrected chi connectivity index (χ3v) is 16.3. The topological polar surface area (TPSA) is 28.2 Å². The molecule has 0 amide bonds. The average molecular weight is 1020 g/mol. The monoisotopic (exact) mass is 1020 g/mol. The van der Waals surface area contributed by atoms with Crippen molar-refractivity contribution >= 4 is 74.3 Å². The number of fused-ring (bicyclic) bond motifs is 6. The minimum absolute atomic E-state index is 0.0220. The molecule has 0 atom stereocenters. The summed E-state index contributed by atoms with van der Waals surface area (Å²) in [5.41, 5.74) is 26.0. The van der Waals surface area contributed by atoms with Crippen molar-refractivity contribution in [3.8, 4) is 33.8 Å². The van der Waals surface area contributed by atoms with Crippen molar-refractivity contribution in [2.45, 2.75) is 106 Å². The highest BCUT2D eigenvalue weighted by atomic mass is 16.5. The molecule has 12 rings (SSSR count). The highest BCUT2D eigenvalue weighted by Gasteiger charge is 2.46. The molecule has 0 N–H and O–H groups in total. The molecule has 0 fully saturated rings. The van der Waals surface area contributed by atoms with Gasteiger partial charge in [0.25, 0.3) is 6.71 Å². The van der Waals surface area contributed by atoms with E-state index in [0.717, 1.165) is 74.5 Å². The van der Waals surface area contributed by atoms with Crippen molar-refractivity contribution < 1.29 is 9.47 Å². The van der Waals surface area contributed by atoms with Gasteiger partial charge in [0.15, 0.2) is 11.5 Å². The van der Waals surface area contributed by atoms with Gasteiger partial charge < -0.3 is 24.2 Å². The van der Waals surface area contributed by atoms with Gasteiger partial charge in [-0.2, -0.15) is 0 Å². The first kappa shape index (κ1) is 50.8. The van der Waals surface area contributed by atoms with Crippen LogP contribution in [0.2, 0.25) is 0 Å². The molecule has 9 aromatic carbocycles. The Hall–Kier alpha value is -7.96. The lowest BCUT2D eigenvalue weighted by Crippen LogP contribution is -2.61. The quantitative estimate of drug-likeness (QED) is 0.148. The van der Waals surface area contributed by atoms with E-state index in [1.807, 2.05) is 0 Å². The van der Waals surface area contributed by atoms with Crippen molar-refractivity contribution in [2.75, 3.05) is 27.9 Å². The number of benzene rings is 9. The fourth-order valence-corrected chi connectivity index (χ4v) is 12.2. The van der Waals surface area contributed by atoms with Crippen LogP contribution in [-0.2, 0) is 16.2 Å². The normalized spacial score (nSPS) is 13.9. The smallest absolute Gasteiger partial charge is 0.252 e. The molecule has 0 bridgehead atoms. The third kappa shape index (κ3) is 9.03. The summed E-state index contributed by atoms with van der Waals surface area (Å²) < 4.78 is 13.5. The number of anilines is 9. The van der Waals surface area contributed by atoms with Crippen molar-refractivity contribution in [3.05, 3.63) is 215 Å². The molecule has 3 aliphatic rings. The Balaban J connectivity index is 1.18. The first-order valence-electron chi connectivity index (χ1n) is 28.0. The Labute approximate surface area is 464 Å². The highest BCUT2D eigenvalue weighted by molar-refractivity contribution is 7.00. The molecule has 6 heteroatoms. The van der Waals surface area contributed by atoms with Crippen LogP contribution < -0.4 is 40.6 Å². The van der Waals surface area contributed by atoms with Gasteiger partial charge in [-0.25, -0.2) is 0 Å². The van der Waals surface area contributed by atoms with E-state index >= 15 is 0 Å². The van der Waals surface area contributed by atoms with Crippen molar-refractivity contribution in [3.63, 3.8) is 0 Å². The second-order valence-electron chi connectivity index (χ2n) is 25.1. The van der Waals surface area contributed by atoms with E-state index in [-0.39, 0.29) is 23.0 Å². The van der Waals surface area contributed by atoms with Gasteiger partial charge in [-0.05, 0) is 182 Å². The van der Waals surface area contributed by atoms with Gasteiger partial charge in [0.2, 0.25) is 0 Å². The van der Waals surface area contributed by atoms with E-state index in [0.29, 0.717) is 13.2 Å². The molecule has 0 unspecified atom stereocenters. The Morgan fingerprint density at radius 3 is 1.47 bits per heavy atom. The predicted molar refractivity (Wildman–Crippen MR) is 332 cm³/mol. The van der Waals surface area contributed by atoms with Gasteiger partial charge in [0.05, 0.1) is 24.6 Å². The summed E-state index contributed by atoms with van der Waals surface area (Å²) in [6.45, 7) is 28.5. The Morgan fingerprint density at radius 1 is 0.423 bits per heavy atom. The maximum Gasteiger partial charge on any atom is 0.252 e. The van der Waals surface area contributed by atoms with Gasteiger partial charge in [0, 0.05) is 46.2 Å². The molecule has 3 aliphatic heterocycles. The minimum Gasteiger partial charge on any atom is -0.489 e. The lowest BCUT2D eigenvalue weighted by molar-refractivity contribution is 0.297. The van der Waals surface area contributed by atoms with Crippen LogP contribution in [0.3, 0.4) is 0 Å². The number of rotatable bonds is 7. The summed E-state index contributed by atoms with van der Waals surface area (Å²) in [7, 11) is 0. The summed E-state index contributed by atoms with van der Waals surface area (Å²) in [5, 5.41) is 0. The summed E-state index contributed by atoms with van der Waals surface area (Å²) in [6.07, 6.45) is 0.813. The number of para-hydroxylation sites is 2. The Bertz CT molecular complexity index is 3610. The van der Waals surface area contributed by atoms with Crippen LogP contribution in [0, 0.1) is 20.8 Å². The fraction of sp³-hybridized carbons (Fsp3) is 0.250. The molecular formula is C72H72BN3O2. The van der Waals surface area contributed by atoms with Crippen LogP contribution in [0.15, 0.2) is 182 Å². The molecule has 9 aromatic rings. The van der Waals surface area contributed by atoms with Crippen molar-refractivity contribution in [1.29, 1.82) is 0 Å². The van der Waals surface area contributed by atoms with E-state index in [2.05, 4.69) is 280 Å². The lowest BCUT2D eigenvalue weighted by Gasteiger charge is -2.45. The third-order valence-electron chi connectivity index (χ3n) is 16.3. The summed E-state index contributed by atoms with van der Waals surface area (Å²) in [4.78, 5) is 7.52. The van der Waals surface area contributed by atoms with Crippen LogP contribution in [0.25, 0.3) is 22.3 Å². The zero-order chi connectivity index (χ0) is 54.4. The molecule has 0 aliphatic carbocycles. The Kier molecular flexibility index (Phi) is 12.5. The van der Waals surface area contributed by atoms with E-state index in [9.17, 15) is 0 Å². The largest absolute Gasteiger partial charge is 0.489 e. The maximum absolute atomic E-state index is 6.95. The lowest BCUT2D eigenvalue weighted by atomic mass is 9.33. The van der Waals surface area contributed by atoms with Gasteiger partial charge >= 0.3 is 0 Å². The number of ether oxygens (including phenoxy) is 2. The second kappa shape index (κ2) is 19.2. The van der Waals surface area contributed by atoms with Crippen LogP contribution in [0.4, 0.5) is 51.2 Å². The molecule has 0 saturated carbocycles. The van der Waals surface area contributed by atoms with Crippen LogP contribution in [0.1, 0.15) is 102 Å². The zero-order valence-corrected chi connectivity index (χ0v) is 47.7. The molecule has 0 radical (unpaired) electrons. The van der Waals surface area contributed by atoms with Gasteiger partial charge in [-0.3, -0.25) is 0 Å². The van der Waals surface area contributed by atoms with E-state index in [4.69, 9.17) is 9.47 Å². The summed E-state index contributed by atoms with van der Waals surface area (Å²) in [5.74, 6) is 1.60. The first-order valence-corrected chi connectivity index (χ1v) is 28.0. The molecule has 5 nitrogen and oxygen atoms in total. The molecule has 78 heavy (non-hydrogen) atoms. The zero-order valence-electron chi connectivity index (χ0n) is 47.7. The average Bonchev–Trinajstić information content (AvgIpc) is 3.31. The van der Waals surface area contributed by atoms with Gasteiger partial charge in [0.1, 0.15) is 0 Å². The summed E-state index contributed by atoms with van der Waals surface area (Å²) in [6, 6.07) is 68.6. The number of aryl methyl sites for hydroxylation is 3. The minimum atomic E-state index is -0.145. The first-order chi connectivity index (χ1) is 37.3. The molecule has 390 valence electrons. The number of hydrogen-bond donors (Lipinski definition) is 0. The van der Waals surface area contributed by atoms with Crippen molar-refractivity contribution in [2.24, 2.45) is 0 Å². The maximum atomic E-state index is 6.95. The van der Waals surface area contributed by atoms with Gasteiger partial charge in [-0.1, -0.05) is 172 Å². The van der Waals surface area contributed by atoms with E-state index in [1.165, 1.54) is 66.6 Å². The van der Waals surface area contributed by atoms with E-state index < -0.39 is 0 Å². The van der Waals surface area contributed by atoms with Gasteiger partial charge in [-0.15, -0.1) is 0 Å². The summed E-state index contributed by atoms with van der Waals surface area (Å²) >= 11 is 0. The number of nitrogens with zero attached hydrogens (tertiary/aromatic N) is 3. The molecule has 0 aromatic heterocycles. The predicted octanol–water partition coefficient (Wildman–Crippen LogP) is 17.6. The standard InChI is InChI=1S/C72H72BN3O2/c1-46-38-63-66-64(39-46)76(67-47(2)40-55(41-48(67)3)72(10,11)12)68-61(34-35-65-69(68)78-37-19-36-77-65)73(66)60-33-32-58(74(56-20-15-13-16-21-56)57-22-17-14-18-23-57)45-62(60)75(63)59-43-51(49-24-28-53(29-25-49)70(4,5)6)42-52(44-59)50-26-30-54(31-27-50)71(7,8)9/h13-18,20-35,38-45H,19,36-37H2,1-12H3. The van der Waals surface area contributed by atoms with Crippen LogP contribution >= 0.6 is 0 Å². The SMILES string of the molecule is Cc1cc2c3c(c1)N(c1c(C)cc(C(C)(C)C)cc1C)c1c(ccc4c1OCCCO4)B3c1ccc(N(c3ccccc3)c3ccccc3)cc1N2c1cc(-c2ccc(C(C)(C)C)cc2)cc(-c2ccc(C(C)(C)C)cc2)c1. The highest BCUT2D eigenvalue weighted by Crippen LogP contribution is 2.53. The van der Waals surface area contributed by atoms with Crippen molar-refractivity contribution in [1.82, 2.24) is 0 Å².